The highest BCUT2D eigenvalue weighted by Gasteiger charge is 2.06. The predicted octanol–water partition coefficient (Wildman–Crippen LogP) is 0.888. The van der Waals surface area contributed by atoms with Crippen LogP contribution in [0.3, 0.4) is 0 Å². The Bertz CT molecular complexity index is 880. The van der Waals surface area contributed by atoms with Crippen molar-refractivity contribution < 1.29 is 5.11 Å². The number of aromatic nitrogens is 3. The molecule has 1 N–H and O–H groups in total. The van der Waals surface area contributed by atoms with Crippen LogP contribution in [0.15, 0.2) is 53.5 Å². The average molecular weight is 279 g/mol. The fraction of sp³-hybridized carbons (Fsp3) is 0.125. The maximum Gasteiger partial charge on any atom is 0.350 e. The molecule has 0 spiro atoms. The molecule has 0 radical (unpaired) electrons. The molecule has 5 heteroatoms. The Labute approximate surface area is 121 Å². The zero-order valence-electron chi connectivity index (χ0n) is 11.2. The topological polar surface area (TPSA) is 59.5 Å². The van der Waals surface area contributed by atoms with E-state index in [1.165, 1.54) is 9.08 Å². The molecule has 3 aromatic rings. The van der Waals surface area contributed by atoms with Crippen molar-refractivity contribution >= 4 is 5.65 Å². The fourth-order valence-electron chi connectivity index (χ4n) is 2.08. The summed E-state index contributed by atoms with van der Waals surface area (Å²) in [6.45, 7) is 0.257. The number of rotatable bonds is 2. The van der Waals surface area contributed by atoms with Gasteiger partial charge in [-0.05, 0) is 29.8 Å². The summed E-state index contributed by atoms with van der Waals surface area (Å²) in [5.41, 5.74) is 2.27. The molecule has 0 fully saturated rings. The van der Waals surface area contributed by atoms with Crippen LogP contribution in [-0.2, 0) is 6.54 Å². The highest BCUT2D eigenvalue weighted by Crippen LogP contribution is 2.05. The molecule has 0 bridgehead atoms. The molecule has 0 saturated heterocycles. The second-order valence-corrected chi connectivity index (χ2v) is 4.53. The standard InChI is InChI=1S/C16H13N3O2/c20-11-3-4-13-6-8-14(9-7-13)12-19-16(21)18-10-2-1-5-15(18)17-19/h1-2,5-10,20H,11-12H2. The minimum absolute atomic E-state index is 0.154. The second-order valence-electron chi connectivity index (χ2n) is 4.53. The van der Waals surface area contributed by atoms with Crippen LogP contribution < -0.4 is 5.69 Å². The first kappa shape index (κ1) is 13.2. The molecule has 0 unspecified atom stereocenters. The number of aliphatic hydroxyl groups is 1. The molecule has 1 aromatic carbocycles. The van der Waals surface area contributed by atoms with E-state index in [-0.39, 0.29) is 12.3 Å². The van der Waals surface area contributed by atoms with Gasteiger partial charge in [-0.2, -0.15) is 0 Å². The van der Waals surface area contributed by atoms with Crippen molar-refractivity contribution in [1.82, 2.24) is 14.2 Å². The van der Waals surface area contributed by atoms with E-state index >= 15 is 0 Å². The Hall–Kier alpha value is -2.84. The molecule has 104 valence electrons. The Morgan fingerprint density at radius 3 is 2.67 bits per heavy atom. The van der Waals surface area contributed by atoms with Gasteiger partial charge in [0.25, 0.3) is 0 Å². The van der Waals surface area contributed by atoms with Crippen LogP contribution in [0.1, 0.15) is 11.1 Å². The molecular formula is C16H13N3O2. The molecule has 0 aliphatic rings. The van der Waals surface area contributed by atoms with E-state index in [2.05, 4.69) is 16.9 Å². The van der Waals surface area contributed by atoms with Crippen LogP contribution in [0.25, 0.3) is 5.65 Å². The molecule has 21 heavy (non-hydrogen) atoms. The zero-order chi connectivity index (χ0) is 14.7. The minimum atomic E-state index is -0.158. The molecular weight excluding hydrogens is 266 g/mol. The van der Waals surface area contributed by atoms with Gasteiger partial charge in [-0.25, -0.2) is 9.48 Å². The maximum absolute atomic E-state index is 12.2. The first-order chi connectivity index (χ1) is 10.3. The van der Waals surface area contributed by atoms with Gasteiger partial charge in [-0.1, -0.05) is 30.0 Å². The monoisotopic (exact) mass is 279 g/mol. The predicted molar refractivity (Wildman–Crippen MR) is 79.0 cm³/mol. The summed E-state index contributed by atoms with van der Waals surface area (Å²) in [6.07, 6.45) is 1.70. The van der Waals surface area contributed by atoms with Crippen molar-refractivity contribution in [3.63, 3.8) is 0 Å². The van der Waals surface area contributed by atoms with Gasteiger partial charge in [0.2, 0.25) is 0 Å². The van der Waals surface area contributed by atoms with Gasteiger partial charge in [0.05, 0.1) is 6.54 Å². The van der Waals surface area contributed by atoms with E-state index < -0.39 is 0 Å². The van der Waals surface area contributed by atoms with Gasteiger partial charge in [0, 0.05) is 11.8 Å². The quantitative estimate of drug-likeness (QED) is 0.709. The van der Waals surface area contributed by atoms with E-state index in [1.54, 1.807) is 18.3 Å². The lowest BCUT2D eigenvalue weighted by Crippen LogP contribution is -2.21. The van der Waals surface area contributed by atoms with Gasteiger partial charge >= 0.3 is 5.69 Å². The third kappa shape index (κ3) is 2.71. The summed E-state index contributed by atoms with van der Waals surface area (Å²) >= 11 is 0. The zero-order valence-corrected chi connectivity index (χ0v) is 11.2. The van der Waals surface area contributed by atoms with Gasteiger partial charge in [0.15, 0.2) is 5.65 Å². The Balaban J connectivity index is 1.88. The van der Waals surface area contributed by atoms with E-state index in [0.29, 0.717) is 12.2 Å². The molecule has 0 atom stereocenters. The van der Waals surface area contributed by atoms with Crippen LogP contribution in [0, 0.1) is 11.8 Å². The third-order valence-electron chi connectivity index (χ3n) is 3.09. The smallest absolute Gasteiger partial charge is 0.350 e. The molecule has 0 aliphatic heterocycles. The number of fused-ring (bicyclic) bond motifs is 1. The molecule has 0 aliphatic carbocycles. The maximum atomic E-state index is 12.2. The van der Waals surface area contributed by atoms with Crippen molar-refractivity contribution in [2.24, 2.45) is 0 Å². The van der Waals surface area contributed by atoms with Gasteiger partial charge in [-0.3, -0.25) is 4.40 Å². The van der Waals surface area contributed by atoms with Gasteiger partial charge in [-0.15, -0.1) is 5.10 Å². The molecule has 0 amide bonds. The highest BCUT2D eigenvalue weighted by molar-refractivity contribution is 5.37. The summed E-state index contributed by atoms with van der Waals surface area (Å²) < 4.78 is 2.95. The van der Waals surface area contributed by atoms with Crippen LogP contribution in [0.2, 0.25) is 0 Å². The molecule has 2 heterocycles. The van der Waals surface area contributed by atoms with E-state index in [4.69, 9.17) is 5.11 Å². The summed E-state index contributed by atoms with van der Waals surface area (Å²) in [6, 6.07) is 13.0. The second kappa shape index (κ2) is 5.65. The van der Waals surface area contributed by atoms with Crippen molar-refractivity contribution in [2.75, 3.05) is 6.61 Å². The lowest BCUT2D eigenvalue weighted by atomic mass is 10.1. The number of aliphatic hydroxyl groups excluding tert-OH is 1. The number of pyridine rings is 1. The summed E-state index contributed by atoms with van der Waals surface area (Å²) in [7, 11) is 0. The number of benzene rings is 1. The van der Waals surface area contributed by atoms with Gasteiger partial charge in [0.1, 0.15) is 6.61 Å². The van der Waals surface area contributed by atoms with Crippen molar-refractivity contribution in [3.05, 3.63) is 70.3 Å². The number of nitrogens with zero attached hydrogens (tertiary/aromatic N) is 3. The first-order valence-corrected chi connectivity index (χ1v) is 6.51. The lowest BCUT2D eigenvalue weighted by molar-refractivity contribution is 0.350. The first-order valence-electron chi connectivity index (χ1n) is 6.51. The fourth-order valence-corrected chi connectivity index (χ4v) is 2.08. The summed E-state index contributed by atoms with van der Waals surface area (Å²) in [5.74, 6) is 5.43. The molecule has 0 saturated carbocycles. The lowest BCUT2D eigenvalue weighted by Gasteiger charge is -2.00. The summed E-state index contributed by atoms with van der Waals surface area (Å²) in [4.78, 5) is 12.2. The molecule has 2 aromatic heterocycles. The minimum Gasteiger partial charge on any atom is -0.384 e. The highest BCUT2D eigenvalue weighted by atomic mass is 16.2. The Morgan fingerprint density at radius 1 is 1.14 bits per heavy atom. The van der Waals surface area contributed by atoms with E-state index in [0.717, 1.165) is 11.1 Å². The van der Waals surface area contributed by atoms with Crippen molar-refractivity contribution in [3.8, 4) is 11.8 Å². The van der Waals surface area contributed by atoms with Crippen molar-refractivity contribution in [1.29, 1.82) is 0 Å². The van der Waals surface area contributed by atoms with Gasteiger partial charge < -0.3 is 5.11 Å². The average Bonchev–Trinajstić information content (AvgIpc) is 2.83. The molecule has 5 nitrogen and oxygen atoms in total. The van der Waals surface area contributed by atoms with Crippen LogP contribution in [-0.4, -0.2) is 25.9 Å². The van der Waals surface area contributed by atoms with E-state index in [9.17, 15) is 4.79 Å². The third-order valence-corrected chi connectivity index (χ3v) is 3.09. The van der Waals surface area contributed by atoms with Crippen LogP contribution in [0.5, 0.6) is 0 Å². The van der Waals surface area contributed by atoms with E-state index in [1.807, 2.05) is 30.3 Å². The van der Waals surface area contributed by atoms with Crippen LogP contribution in [0.4, 0.5) is 0 Å². The normalized spacial score (nSPS) is 10.3. The SMILES string of the molecule is O=c1n(Cc2ccc(C#CCO)cc2)nc2ccccn12. The molecule has 3 rings (SSSR count). The van der Waals surface area contributed by atoms with Crippen LogP contribution >= 0.6 is 0 Å². The number of hydrogen-bond acceptors (Lipinski definition) is 3. The Kier molecular flexibility index (Phi) is 3.54. The largest absolute Gasteiger partial charge is 0.384 e. The summed E-state index contributed by atoms with van der Waals surface area (Å²) in [5, 5.41) is 12.9. The van der Waals surface area contributed by atoms with Crippen molar-refractivity contribution in [2.45, 2.75) is 6.54 Å². The number of hydrogen-bond donors (Lipinski definition) is 1. The Morgan fingerprint density at radius 2 is 1.95 bits per heavy atom.